The van der Waals surface area contributed by atoms with Crippen molar-refractivity contribution in [1.82, 2.24) is 4.90 Å². The smallest absolute Gasteiger partial charge is 0.339 e. The Labute approximate surface area is 146 Å². The van der Waals surface area contributed by atoms with Gasteiger partial charge in [-0.05, 0) is 36.2 Å². The number of rotatable bonds is 3. The van der Waals surface area contributed by atoms with Crippen LogP contribution >= 0.6 is 0 Å². The van der Waals surface area contributed by atoms with Crippen LogP contribution in [0.1, 0.15) is 34.0 Å². The van der Waals surface area contributed by atoms with E-state index in [1.54, 1.807) is 43.1 Å². The summed E-state index contributed by atoms with van der Waals surface area (Å²) in [5, 5.41) is 8.84. The number of carbonyl (C=O) groups is 2. The molecule has 0 fully saturated rings. The van der Waals surface area contributed by atoms with Gasteiger partial charge in [-0.15, -0.1) is 0 Å². The van der Waals surface area contributed by atoms with Gasteiger partial charge in [0, 0.05) is 20.0 Å². The summed E-state index contributed by atoms with van der Waals surface area (Å²) in [5.74, 6) is -0.718. The van der Waals surface area contributed by atoms with Gasteiger partial charge in [-0.3, -0.25) is 4.79 Å². The average Bonchev–Trinajstić information content (AvgIpc) is 2.61. The van der Waals surface area contributed by atoms with E-state index < -0.39 is 11.6 Å². The van der Waals surface area contributed by atoms with E-state index >= 15 is 0 Å². The van der Waals surface area contributed by atoms with Crippen molar-refractivity contribution in [2.24, 2.45) is 0 Å². The molecule has 0 saturated carbocycles. The largest absolute Gasteiger partial charge is 0.445 e. The quantitative estimate of drug-likeness (QED) is 0.809. The number of esters is 1. The lowest BCUT2D eigenvalue weighted by Gasteiger charge is -2.36. The van der Waals surface area contributed by atoms with Crippen LogP contribution in [0.15, 0.2) is 48.5 Å². The summed E-state index contributed by atoms with van der Waals surface area (Å²) >= 11 is 0. The topological polar surface area (TPSA) is 70.4 Å². The third-order valence-electron chi connectivity index (χ3n) is 4.38. The Morgan fingerprint density at radius 3 is 2.60 bits per heavy atom. The molecule has 25 heavy (non-hydrogen) atoms. The first-order valence-corrected chi connectivity index (χ1v) is 7.99. The molecule has 1 aliphatic heterocycles. The van der Waals surface area contributed by atoms with Gasteiger partial charge in [0.05, 0.1) is 17.2 Å². The average molecular weight is 334 g/mol. The summed E-state index contributed by atoms with van der Waals surface area (Å²) < 4.78 is 5.48. The lowest BCUT2D eigenvalue weighted by Crippen LogP contribution is -2.51. The Morgan fingerprint density at radius 1 is 1.24 bits per heavy atom. The van der Waals surface area contributed by atoms with Gasteiger partial charge in [0.2, 0.25) is 0 Å². The van der Waals surface area contributed by atoms with Crippen LogP contribution < -0.4 is 0 Å². The van der Waals surface area contributed by atoms with E-state index in [1.165, 1.54) is 0 Å². The molecule has 5 nitrogen and oxygen atoms in total. The summed E-state index contributed by atoms with van der Waals surface area (Å²) in [7, 11) is 1.68. The molecule has 0 bridgehead atoms. The van der Waals surface area contributed by atoms with Crippen LogP contribution in [0.4, 0.5) is 0 Å². The van der Waals surface area contributed by atoms with Crippen LogP contribution in [0.25, 0.3) is 0 Å². The van der Waals surface area contributed by atoms with Gasteiger partial charge in [-0.1, -0.05) is 30.3 Å². The highest BCUT2D eigenvalue weighted by molar-refractivity contribution is 5.97. The number of nitrogens with zero attached hydrogens (tertiary/aromatic N) is 2. The van der Waals surface area contributed by atoms with Crippen molar-refractivity contribution in [3.05, 3.63) is 70.8 Å². The van der Waals surface area contributed by atoms with E-state index in [4.69, 9.17) is 10.00 Å². The lowest BCUT2D eigenvalue weighted by atomic mass is 9.89. The third-order valence-corrected chi connectivity index (χ3v) is 4.38. The number of fused-ring (bicyclic) bond motifs is 1. The Kier molecular flexibility index (Phi) is 4.28. The highest BCUT2D eigenvalue weighted by atomic mass is 16.6. The van der Waals surface area contributed by atoms with E-state index in [0.29, 0.717) is 24.1 Å². The fraction of sp³-hybridized carbons (Fsp3) is 0.250. The molecule has 1 aliphatic rings. The van der Waals surface area contributed by atoms with Gasteiger partial charge in [-0.25, -0.2) is 4.79 Å². The van der Waals surface area contributed by atoms with E-state index in [9.17, 15) is 9.59 Å². The molecule has 0 spiro atoms. The Bertz CT molecular complexity index is 867. The molecule has 1 atom stereocenters. The van der Waals surface area contributed by atoms with Crippen molar-refractivity contribution in [2.45, 2.75) is 25.5 Å². The number of benzene rings is 2. The van der Waals surface area contributed by atoms with Gasteiger partial charge >= 0.3 is 5.97 Å². The SMILES string of the molecule is CN(Cc1ccc(C#N)cc1)C(=O)C1(C)Cc2ccccc2C(=O)O1. The first-order valence-electron chi connectivity index (χ1n) is 7.99. The summed E-state index contributed by atoms with van der Waals surface area (Å²) in [6.45, 7) is 2.03. The number of cyclic esters (lactones) is 1. The Hall–Kier alpha value is -3.13. The maximum absolute atomic E-state index is 12.9. The number of hydrogen-bond donors (Lipinski definition) is 0. The summed E-state index contributed by atoms with van der Waals surface area (Å²) in [4.78, 5) is 26.7. The third kappa shape index (κ3) is 3.24. The van der Waals surface area contributed by atoms with Gasteiger partial charge in [0.1, 0.15) is 0 Å². The molecular weight excluding hydrogens is 316 g/mol. The summed E-state index contributed by atoms with van der Waals surface area (Å²) in [5.41, 5.74) is 1.60. The van der Waals surface area contributed by atoms with Gasteiger partial charge in [-0.2, -0.15) is 5.26 Å². The maximum atomic E-state index is 12.9. The summed E-state index contributed by atoms with van der Waals surface area (Å²) in [6.07, 6.45) is 0.353. The van der Waals surface area contributed by atoms with E-state index in [1.807, 2.05) is 24.3 Å². The molecule has 0 radical (unpaired) electrons. The van der Waals surface area contributed by atoms with Crippen molar-refractivity contribution in [1.29, 1.82) is 5.26 Å². The second kappa shape index (κ2) is 6.40. The number of hydrogen-bond acceptors (Lipinski definition) is 4. The van der Waals surface area contributed by atoms with Crippen LogP contribution in [0, 0.1) is 11.3 Å². The number of amides is 1. The van der Waals surface area contributed by atoms with E-state index in [2.05, 4.69) is 6.07 Å². The van der Waals surface area contributed by atoms with Crippen LogP contribution in [0.3, 0.4) is 0 Å². The molecule has 0 saturated heterocycles. The second-order valence-electron chi connectivity index (χ2n) is 6.42. The molecule has 0 aromatic heterocycles. The van der Waals surface area contributed by atoms with Crippen LogP contribution in [-0.2, 0) is 22.5 Å². The number of likely N-dealkylation sites (N-methyl/N-ethyl adjacent to an activating group) is 1. The number of ether oxygens (including phenoxy) is 1. The first-order chi connectivity index (χ1) is 11.9. The second-order valence-corrected chi connectivity index (χ2v) is 6.42. The molecule has 126 valence electrons. The maximum Gasteiger partial charge on any atom is 0.339 e. The predicted molar refractivity (Wildman–Crippen MR) is 91.6 cm³/mol. The van der Waals surface area contributed by atoms with Crippen molar-refractivity contribution >= 4 is 11.9 Å². The molecule has 0 N–H and O–H groups in total. The molecule has 2 aromatic rings. The van der Waals surface area contributed by atoms with Crippen LogP contribution in [0.2, 0.25) is 0 Å². The van der Waals surface area contributed by atoms with E-state index in [-0.39, 0.29) is 5.91 Å². The highest BCUT2D eigenvalue weighted by Gasteiger charge is 2.44. The minimum Gasteiger partial charge on any atom is -0.445 e. The van der Waals surface area contributed by atoms with Crippen molar-refractivity contribution < 1.29 is 14.3 Å². The molecule has 2 aromatic carbocycles. The zero-order valence-electron chi connectivity index (χ0n) is 14.2. The van der Waals surface area contributed by atoms with Crippen molar-refractivity contribution in [3.63, 3.8) is 0 Å². The van der Waals surface area contributed by atoms with Crippen LogP contribution in [0.5, 0.6) is 0 Å². The lowest BCUT2D eigenvalue weighted by molar-refractivity contribution is -0.150. The molecule has 3 rings (SSSR count). The van der Waals surface area contributed by atoms with Crippen molar-refractivity contribution in [3.8, 4) is 6.07 Å². The molecule has 1 amide bonds. The minimum atomic E-state index is -1.22. The zero-order valence-corrected chi connectivity index (χ0v) is 14.2. The number of nitriles is 1. The number of carbonyl (C=O) groups excluding carboxylic acids is 2. The Morgan fingerprint density at radius 2 is 1.92 bits per heavy atom. The molecule has 5 heteroatoms. The fourth-order valence-corrected chi connectivity index (χ4v) is 3.09. The molecular formula is C20H18N2O3. The zero-order chi connectivity index (χ0) is 18.0. The molecule has 0 aliphatic carbocycles. The van der Waals surface area contributed by atoms with Crippen LogP contribution in [-0.4, -0.2) is 29.4 Å². The molecule has 1 unspecified atom stereocenters. The first kappa shape index (κ1) is 16.7. The van der Waals surface area contributed by atoms with Gasteiger partial charge < -0.3 is 9.64 Å². The van der Waals surface area contributed by atoms with Crippen molar-refractivity contribution in [2.75, 3.05) is 7.05 Å². The standard InChI is InChI=1S/C20H18N2O3/c1-20(11-16-5-3-4-6-17(16)18(23)25-20)19(24)22(2)13-15-9-7-14(12-21)8-10-15/h3-10H,11,13H2,1-2H3. The monoisotopic (exact) mass is 334 g/mol. The van der Waals surface area contributed by atoms with E-state index in [0.717, 1.165) is 11.1 Å². The van der Waals surface area contributed by atoms with Gasteiger partial charge in [0.15, 0.2) is 5.60 Å². The molecule has 1 heterocycles. The highest BCUT2D eigenvalue weighted by Crippen LogP contribution is 2.29. The minimum absolute atomic E-state index is 0.250. The normalized spacial score (nSPS) is 18.7. The Balaban J connectivity index is 1.77. The fourth-order valence-electron chi connectivity index (χ4n) is 3.09. The van der Waals surface area contributed by atoms with Gasteiger partial charge in [0.25, 0.3) is 5.91 Å². The summed E-state index contributed by atoms with van der Waals surface area (Å²) in [6, 6.07) is 16.3. The predicted octanol–water partition coefficient (Wildman–Crippen LogP) is 2.69.